The summed E-state index contributed by atoms with van der Waals surface area (Å²) in [5.74, 6) is -0.424. The molecule has 0 spiro atoms. The van der Waals surface area contributed by atoms with E-state index in [-0.39, 0.29) is 17.8 Å². The van der Waals surface area contributed by atoms with Gasteiger partial charge >= 0.3 is 6.18 Å². The summed E-state index contributed by atoms with van der Waals surface area (Å²) in [4.78, 5) is 16.3. The normalized spacial score (nSPS) is 21.1. The van der Waals surface area contributed by atoms with Gasteiger partial charge in [0.1, 0.15) is 5.82 Å². The SMILES string of the molecule is O=C(CCC(F)(F)F)N(CC1CCN(Cc2ccccc2F)CC1)CC1CCCO1. The highest BCUT2D eigenvalue weighted by Gasteiger charge is 2.31. The molecule has 2 aliphatic rings. The zero-order valence-corrected chi connectivity index (χ0v) is 17.2. The van der Waals surface area contributed by atoms with Crippen LogP contribution in [0.2, 0.25) is 0 Å². The topological polar surface area (TPSA) is 32.8 Å². The Balaban J connectivity index is 1.51. The van der Waals surface area contributed by atoms with Crippen molar-refractivity contribution in [2.75, 3.05) is 32.8 Å². The summed E-state index contributed by atoms with van der Waals surface area (Å²) < 4.78 is 57.2. The third-order valence-electron chi connectivity index (χ3n) is 5.96. The first-order valence-corrected chi connectivity index (χ1v) is 10.7. The van der Waals surface area contributed by atoms with Gasteiger partial charge in [-0.25, -0.2) is 4.39 Å². The number of amides is 1. The van der Waals surface area contributed by atoms with E-state index < -0.39 is 24.9 Å². The summed E-state index contributed by atoms with van der Waals surface area (Å²) in [5, 5.41) is 0. The van der Waals surface area contributed by atoms with Crippen LogP contribution >= 0.6 is 0 Å². The molecule has 168 valence electrons. The van der Waals surface area contributed by atoms with Crippen LogP contribution in [0, 0.1) is 11.7 Å². The minimum atomic E-state index is -4.33. The van der Waals surface area contributed by atoms with Crippen LogP contribution < -0.4 is 0 Å². The molecule has 30 heavy (non-hydrogen) atoms. The fraction of sp³-hybridized carbons (Fsp3) is 0.682. The number of carbonyl (C=O) groups is 1. The second-order valence-electron chi connectivity index (χ2n) is 8.36. The van der Waals surface area contributed by atoms with Gasteiger partial charge in [0.05, 0.1) is 12.5 Å². The third kappa shape index (κ3) is 7.23. The standard InChI is InChI=1S/C22H30F4N2O2/c23-20-6-2-1-4-18(20)15-27-11-8-17(9-12-27)14-28(16-19-5-3-13-30-19)21(29)7-10-22(24,25)26/h1-2,4,6,17,19H,3,5,7-16H2. The maximum Gasteiger partial charge on any atom is 0.389 e. The van der Waals surface area contributed by atoms with Gasteiger partial charge in [-0.3, -0.25) is 9.69 Å². The van der Waals surface area contributed by atoms with Crippen LogP contribution in [0.5, 0.6) is 0 Å². The minimum Gasteiger partial charge on any atom is -0.376 e. The van der Waals surface area contributed by atoms with Gasteiger partial charge in [0.25, 0.3) is 0 Å². The van der Waals surface area contributed by atoms with Crippen LogP contribution in [0.4, 0.5) is 17.6 Å². The maximum atomic E-state index is 13.9. The maximum absolute atomic E-state index is 13.9. The van der Waals surface area contributed by atoms with E-state index in [1.165, 1.54) is 6.07 Å². The van der Waals surface area contributed by atoms with Crippen molar-refractivity contribution in [3.8, 4) is 0 Å². The van der Waals surface area contributed by atoms with Crippen molar-refractivity contribution in [2.45, 2.75) is 57.3 Å². The Morgan fingerprint density at radius 3 is 2.50 bits per heavy atom. The number of nitrogens with zero attached hydrogens (tertiary/aromatic N) is 2. The highest BCUT2D eigenvalue weighted by Crippen LogP contribution is 2.25. The van der Waals surface area contributed by atoms with Crippen molar-refractivity contribution in [3.05, 3.63) is 35.6 Å². The summed E-state index contributed by atoms with van der Waals surface area (Å²) >= 11 is 0. The number of rotatable bonds is 8. The van der Waals surface area contributed by atoms with Crippen molar-refractivity contribution in [1.29, 1.82) is 0 Å². The summed E-state index contributed by atoms with van der Waals surface area (Å²) in [6, 6.07) is 6.73. The lowest BCUT2D eigenvalue weighted by molar-refractivity contribution is -0.150. The molecule has 0 aliphatic carbocycles. The Bertz CT molecular complexity index is 684. The molecule has 0 N–H and O–H groups in total. The van der Waals surface area contributed by atoms with Crippen molar-refractivity contribution < 1.29 is 27.1 Å². The summed E-state index contributed by atoms with van der Waals surface area (Å²) in [7, 11) is 0. The van der Waals surface area contributed by atoms with E-state index in [1.807, 2.05) is 6.07 Å². The van der Waals surface area contributed by atoms with Crippen molar-refractivity contribution in [2.24, 2.45) is 5.92 Å². The van der Waals surface area contributed by atoms with Crippen molar-refractivity contribution in [3.63, 3.8) is 0 Å². The number of piperidine rings is 1. The monoisotopic (exact) mass is 430 g/mol. The van der Waals surface area contributed by atoms with Crippen LogP contribution in [0.15, 0.2) is 24.3 Å². The van der Waals surface area contributed by atoms with E-state index in [1.54, 1.807) is 17.0 Å². The van der Waals surface area contributed by atoms with Crippen LogP contribution in [0.3, 0.4) is 0 Å². The summed E-state index contributed by atoms with van der Waals surface area (Å²) in [5.41, 5.74) is 0.665. The van der Waals surface area contributed by atoms with E-state index in [0.717, 1.165) is 38.8 Å². The number of ether oxygens (including phenoxy) is 1. The predicted octanol–water partition coefficient (Wildman–Crippen LogP) is 4.39. The minimum absolute atomic E-state index is 0.0824. The molecule has 0 radical (unpaired) electrons. The van der Waals surface area contributed by atoms with Gasteiger partial charge in [-0.05, 0) is 50.8 Å². The van der Waals surface area contributed by atoms with Gasteiger partial charge in [0.2, 0.25) is 5.91 Å². The van der Waals surface area contributed by atoms with Gasteiger partial charge in [-0.1, -0.05) is 18.2 Å². The van der Waals surface area contributed by atoms with Crippen LogP contribution in [0.25, 0.3) is 0 Å². The molecule has 0 aromatic heterocycles. The van der Waals surface area contributed by atoms with E-state index in [2.05, 4.69) is 4.90 Å². The number of hydrogen-bond acceptors (Lipinski definition) is 3. The number of benzene rings is 1. The molecule has 0 bridgehead atoms. The second kappa shape index (κ2) is 10.6. The van der Waals surface area contributed by atoms with Gasteiger partial charge in [-0.2, -0.15) is 13.2 Å². The Morgan fingerprint density at radius 1 is 1.13 bits per heavy atom. The highest BCUT2D eigenvalue weighted by molar-refractivity contribution is 5.76. The zero-order chi connectivity index (χ0) is 21.6. The van der Waals surface area contributed by atoms with Gasteiger partial charge in [-0.15, -0.1) is 0 Å². The molecule has 0 saturated carbocycles. The number of likely N-dealkylation sites (tertiary alicyclic amines) is 1. The smallest absolute Gasteiger partial charge is 0.376 e. The van der Waals surface area contributed by atoms with E-state index in [9.17, 15) is 22.4 Å². The Labute approximate surface area is 175 Å². The van der Waals surface area contributed by atoms with Crippen LogP contribution in [-0.4, -0.2) is 60.8 Å². The molecular weight excluding hydrogens is 400 g/mol. The molecule has 1 aromatic carbocycles. The quantitative estimate of drug-likeness (QED) is 0.574. The fourth-order valence-electron chi connectivity index (χ4n) is 4.23. The molecule has 2 saturated heterocycles. The highest BCUT2D eigenvalue weighted by atomic mass is 19.4. The lowest BCUT2D eigenvalue weighted by atomic mass is 9.95. The van der Waals surface area contributed by atoms with Gasteiger partial charge in [0.15, 0.2) is 0 Å². The number of carbonyl (C=O) groups excluding carboxylic acids is 1. The first-order valence-electron chi connectivity index (χ1n) is 10.7. The van der Waals surface area contributed by atoms with Gasteiger partial charge in [0, 0.05) is 38.2 Å². The number of hydrogen-bond donors (Lipinski definition) is 0. The average Bonchev–Trinajstić information content (AvgIpc) is 3.21. The first-order chi connectivity index (χ1) is 14.3. The van der Waals surface area contributed by atoms with Gasteiger partial charge < -0.3 is 9.64 Å². The largest absolute Gasteiger partial charge is 0.389 e. The summed E-state index contributed by atoms with van der Waals surface area (Å²) in [6.45, 7) is 3.58. The van der Waals surface area contributed by atoms with Crippen molar-refractivity contribution >= 4 is 5.91 Å². The van der Waals surface area contributed by atoms with Crippen LogP contribution in [0.1, 0.15) is 44.1 Å². The number of halogens is 4. The number of alkyl halides is 3. The molecule has 1 unspecified atom stereocenters. The Hall–Kier alpha value is -1.67. The lowest BCUT2D eigenvalue weighted by Gasteiger charge is -2.35. The molecule has 2 heterocycles. The Morgan fingerprint density at radius 2 is 1.87 bits per heavy atom. The van der Waals surface area contributed by atoms with Crippen molar-refractivity contribution in [1.82, 2.24) is 9.80 Å². The zero-order valence-electron chi connectivity index (χ0n) is 17.2. The molecule has 1 aromatic rings. The molecule has 1 amide bonds. The molecule has 2 aliphatic heterocycles. The fourth-order valence-corrected chi connectivity index (χ4v) is 4.23. The van der Waals surface area contributed by atoms with Crippen LogP contribution in [-0.2, 0) is 16.1 Å². The molecular formula is C22H30F4N2O2. The molecule has 2 fully saturated rings. The third-order valence-corrected chi connectivity index (χ3v) is 5.96. The molecule has 1 atom stereocenters. The predicted molar refractivity (Wildman–Crippen MR) is 105 cm³/mol. The van der Waals surface area contributed by atoms with E-state index in [0.29, 0.717) is 31.8 Å². The molecule has 8 heteroatoms. The lowest BCUT2D eigenvalue weighted by Crippen LogP contribution is -2.43. The molecule has 3 rings (SSSR count). The summed E-state index contributed by atoms with van der Waals surface area (Å²) in [6.07, 6.45) is -2.58. The Kier molecular flexibility index (Phi) is 8.11. The average molecular weight is 430 g/mol. The first kappa shape index (κ1) is 23.0. The molecule has 4 nitrogen and oxygen atoms in total. The van der Waals surface area contributed by atoms with E-state index >= 15 is 0 Å². The van der Waals surface area contributed by atoms with E-state index in [4.69, 9.17) is 4.74 Å². The second-order valence-corrected chi connectivity index (χ2v) is 8.36.